The normalized spacial score (nSPS) is 10.2. The quantitative estimate of drug-likeness (QED) is 0.552. The fourth-order valence-corrected chi connectivity index (χ4v) is 0.886. The van der Waals surface area contributed by atoms with Crippen molar-refractivity contribution in [2.45, 2.75) is 32.8 Å². The number of methoxy groups -OCH3 is 1. The Bertz CT molecular complexity index is 106. The lowest BCUT2D eigenvalue weighted by Crippen LogP contribution is -2.11. The Hall–Kier alpha value is -0.500. The van der Waals surface area contributed by atoms with E-state index in [2.05, 4.69) is 20.4 Å². The first kappa shape index (κ1) is 10.5. The van der Waals surface area contributed by atoms with Crippen LogP contribution in [0, 0.1) is 0 Å². The summed E-state index contributed by atoms with van der Waals surface area (Å²) in [5.74, 6) is 0.723. The van der Waals surface area contributed by atoms with E-state index in [-0.39, 0.29) is 0 Å². The fourth-order valence-electron chi connectivity index (χ4n) is 0.886. The number of ether oxygens (including phenoxy) is 2. The van der Waals surface area contributed by atoms with Crippen LogP contribution in [0.15, 0.2) is 12.3 Å². The lowest BCUT2D eigenvalue weighted by molar-refractivity contribution is 0.0717. The highest BCUT2D eigenvalue weighted by Crippen LogP contribution is 2.07. The monoisotopic (exact) mass is 158 g/mol. The molecule has 0 rings (SSSR count). The van der Waals surface area contributed by atoms with Gasteiger partial charge in [0.05, 0.1) is 6.10 Å². The van der Waals surface area contributed by atoms with Crippen molar-refractivity contribution in [2.24, 2.45) is 0 Å². The molecule has 0 heterocycles. The van der Waals surface area contributed by atoms with Gasteiger partial charge >= 0.3 is 0 Å². The molecule has 0 aromatic heterocycles. The van der Waals surface area contributed by atoms with Gasteiger partial charge < -0.3 is 9.47 Å². The van der Waals surface area contributed by atoms with Gasteiger partial charge in [-0.1, -0.05) is 20.4 Å². The zero-order chi connectivity index (χ0) is 8.69. The van der Waals surface area contributed by atoms with E-state index in [1.807, 2.05) is 0 Å². The molecule has 0 radical (unpaired) electrons. The molecule has 0 N–H and O–H groups in total. The average Bonchev–Trinajstić information content (AvgIpc) is 2.01. The van der Waals surface area contributed by atoms with Crippen LogP contribution in [0.5, 0.6) is 0 Å². The Morgan fingerprint density at radius 3 is 2.27 bits per heavy atom. The Labute approximate surface area is 69.2 Å². The predicted octanol–water partition coefficient (Wildman–Crippen LogP) is 2.35. The Balaban J connectivity index is 3.54. The number of hydrogen-bond acceptors (Lipinski definition) is 2. The van der Waals surface area contributed by atoms with Crippen LogP contribution in [0.25, 0.3) is 0 Å². The van der Waals surface area contributed by atoms with E-state index in [0.717, 1.165) is 18.6 Å². The largest absolute Gasteiger partial charge is 0.493 e. The van der Waals surface area contributed by atoms with Gasteiger partial charge in [0.15, 0.2) is 0 Å². The summed E-state index contributed by atoms with van der Waals surface area (Å²) in [4.78, 5) is 0. The summed E-state index contributed by atoms with van der Waals surface area (Å²) in [5, 5.41) is 0. The number of hydrogen-bond donors (Lipinski definition) is 0. The molecule has 0 atom stereocenters. The molecule has 0 fully saturated rings. The molecule has 2 heteroatoms. The summed E-state index contributed by atoms with van der Waals surface area (Å²) in [5.41, 5.74) is 0. The average molecular weight is 158 g/mol. The van der Waals surface area contributed by atoms with Crippen LogP contribution < -0.4 is 0 Å². The van der Waals surface area contributed by atoms with Gasteiger partial charge in [0.1, 0.15) is 12.4 Å². The zero-order valence-corrected chi connectivity index (χ0v) is 7.72. The first-order valence-corrected chi connectivity index (χ1v) is 4.07. The summed E-state index contributed by atoms with van der Waals surface area (Å²) in [6.07, 6.45) is 2.36. The van der Waals surface area contributed by atoms with Gasteiger partial charge in [-0.05, 0) is 12.8 Å². The first-order valence-electron chi connectivity index (χ1n) is 4.07. The second-order valence-corrected chi connectivity index (χ2v) is 2.53. The van der Waals surface area contributed by atoms with Crippen LogP contribution in [-0.2, 0) is 9.47 Å². The van der Waals surface area contributed by atoms with E-state index in [0.29, 0.717) is 12.7 Å². The van der Waals surface area contributed by atoms with Crippen LogP contribution in [0.3, 0.4) is 0 Å². The van der Waals surface area contributed by atoms with Gasteiger partial charge in [-0.25, -0.2) is 0 Å². The van der Waals surface area contributed by atoms with E-state index in [4.69, 9.17) is 9.47 Å². The van der Waals surface area contributed by atoms with Crippen LogP contribution in [-0.4, -0.2) is 19.8 Å². The molecule has 0 bridgehead atoms. The Kier molecular flexibility index (Phi) is 5.94. The van der Waals surface area contributed by atoms with E-state index in [1.54, 1.807) is 7.11 Å². The summed E-state index contributed by atoms with van der Waals surface area (Å²) < 4.78 is 10.3. The third kappa shape index (κ3) is 4.85. The highest BCUT2D eigenvalue weighted by molar-refractivity contribution is 4.83. The Morgan fingerprint density at radius 1 is 1.36 bits per heavy atom. The summed E-state index contributed by atoms with van der Waals surface area (Å²) in [6, 6.07) is 0. The molecular formula is C9H18O2. The van der Waals surface area contributed by atoms with Crippen LogP contribution in [0.2, 0.25) is 0 Å². The van der Waals surface area contributed by atoms with Gasteiger partial charge in [-0.2, -0.15) is 0 Å². The molecule has 0 unspecified atom stereocenters. The van der Waals surface area contributed by atoms with Crippen molar-refractivity contribution in [3.63, 3.8) is 0 Å². The molecule has 66 valence electrons. The van der Waals surface area contributed by atoms with Gasteiger partial charge in [-0.3, -0.25) is 0 Å². The molecule has 0 aliphatic rings. The van der Waals surface area contributed by atoms with Gasteiger partial charge in [0.2, 0.25) is 0 Å². The van der Waals surface area contributed by atoms with E-state index in [9.17, 15) is 0 Å². The third-order valence-corrected chi connectivity index (χ3v) is 1.55. The third-order valence-electron chi connectivity index (χ3n) is 1.55. The minimum atomic E-state index is 0.303. The lowest BCUT2D eigenvalue weighted by Gasteiger charge is -2.16. The second-order valence-electron chi connectivity index (χ2n) is 2.53. The second kappa shape index (κ2) is 6.23. The first-order chi connectivity index (χ1) is 5.24. The highest BCUT2D eigenvalue weighted by Gasteiger charge is 2.04. The maximum atomic E-state index is 5.47. The van der Waals surface area contributed by atoms with E-state index in [1.165, 1.54) is 0 Å². The van der Waals surface area contributed by atoms with Gasteiger partial charge in [-0.15, -0.1) is 0 Å². The lowest BCUT2D eigenvalue weighted by atomic mass is 10.2. The van der Waals surface area contributed by atoms with E-state index < -0.39 is 0 Å². The summed E-state index contributed by atoms with van der Waals surface area (Å²) in [7, 11) is 1.64. The van der Waals surface area contributed by atoms with Crippen molar-refractivity contribution >= 4 is 0 Å². The fraction of sp³-hybridized carbons (Fsp3) is 0.778. The molecule has 0 spiro atoms. The van der Waals surface area contributed by atoms with Crippen molar-refractivity contribution in [2.75, 3.05) is 13.7 Å². The predicted molar refractivity (Wildman–Crippen MR) is 46.5 cm³/mol. The molecule has 11 heavy (non-hydrogen) atoms. The number of rotatable bonds is 6. The Morgan fingerprint density at radius 2 is 1.91 bits per heavy atom. The maximum absolute atomic E-state index is 5.47. The summed E-state index contributed by atoms with van der Waals surface area (Å²) >= 11 is 0. The van der Waals surface area contributed by atoms with Gasteiger partial charge in [0, 0.05) is 7.11 Å². The zero-order valence-electron chi connectivity index (χ0n) is 7.72. The molecule has 2 nitrogen and oxygen atoms in total. The summed E-state index contributed by atoms with van der Waals surface area (Å²) in [6.45, 7) is 8.44. The molecule has 0 aromatic carbocycles. The molecule has 0 aliphatic heterocycles. The minimum absolute atomic E-state index is 0.303. The smallest absolute Gasteiger partial charge is 0.115 e. The molecule has 0 aliphatic carbocycles. The molecule has 0 saturated carbocycles. The van der Waals surface area contributed by atoms with Gasteiger partial charge in [0.25, 0.3) is 0 Å². The minimum Gasteiger partial charge on any atom is -0.493 e. The highest BCUT2D eigenvalue weighted by atomic mass is 16.5. The van der Waals surface area contributed by atoms with Crippen molar-refractivity contribution in [1.82, 2.24) is 0 Å². The van der Waals surface area contributed by atoms with E-state index >= 15 is 0 Å². The van der Waals surface area contributed by atoms with Crippen molar-refractivity contribution in [3.05, 3.63) is 12.3 Å². The van der Waals surface area contributed by atoms with Crippen LogP contribution in [0.4, 0.5) is 0 Å². The molecule has 0 amide bonds. The van der Waals surface area contributed by atoms with Crippen LogP contribution >= 0.6 is 0 Å². The standard InChI is InChI=1S/C9H18O2/c1-5-9(6-2)11-8(3)7-10-4/h9H,3,5-7H2,1-2,4H3. The van der Waals surface area contributed by atoms with Crippen LogP contribution in [0.1, 0.15) is 26.7 Å². The molecular weight excluding hydrogens is 140 g/mol. The van der Waals surface area contributed by atoms with Crippen molar-refractivity contribution < 1.29 is 9.47 Å². The topological polar surface area (TPSA) is 18.5 Å². The maximum Gasteiger partial charge on any atom is 0.115 e. The molecule has 0 aromatic rings. The van der Waals surface area contributed by atoms with Crippen molar-refractivity contribution in [1.29, 1.82) is 0 Å². The van der Waals surface area contributed by atoms with Crippen molar-refractivity contribution in [3.8, 4) is 0 Å². The molecule has 0 saturated heterocycles. The SMILES string of the molecule is C=C(COC)OC(CC)CC.